The highest BCUT2D eigenvalue weighted by Crippen LogP contribution is 2.42. The quantitative estimate of drug-likeness (QED) is 0.667. The first-order valence-corrected chi connectivity index (χ1v) is 6.55. The summed E-state index contributed by atoms with van der Waals surface area (Å²) in [5, 5.41) is 21.2. The highest BCUT2D eigenvalue weighted by Gasteiger charge is 2.30. The summed E-state index contributed by atoms with van der Waals surface area (Å²) in [6, 6.07) is 1.84. The maximum absolute atomic E-state index is 11.0. The van der Waals surface area contributed by atoms with Gasteiger partial charge in [0, 0.05) is 23.5 Å². The Morgan fingerprint density at radius 3 is 2.88 bits per heavy atom. The smallest absolute Gasteiger partial charge is 0.304 e. The van der Waals surface area contributed by atoms with Gasteiger partial charge >= 0.3 is 5.69 Å². The van der Waals surface area contributed by atoms with Crippen LogP contribution in [-0.4, -0.2) is 22.6 Å². The first-order valence-electron chi connectivity index (χ1n) is 5.73. The Balaban J connectivity index is 2.40. The van der Waals surface area contributed by atoms with Crippen LogP contribution in [0, 0.1) is 10.1 Å². The van der Waals surface area contributed by atoms with E-state index in [0.29, 0.717) is 15.9 Å². The van der Waals surface area contributed by atoms with Gasteiger partial charge in [0.25, 0.3) is 0 Å². The molecule has 2 heterocycles. The van der Waals surface area contributed by atoms with Gasteiger partial charge in [0.15, 0.2) is 5.00 Å². The summed E-state index contributed by atoms with van der Waals surface area (Å²) in [4.78, 5) is 13.4. The van der Waals surface area contributed by atoms with Gasteiger partial charge < -0.3 is 10.0 Å². The van der Waals surface area contributed by atoms with Crippen molar-refractivity contribution in [2.24, 2.45) is 0 Å². The number of hydrogen-bond acceptors (Lipinski definition) is 5. The van der Waals surface area contributed by atoms with Crippen molar-refractivity contribution in [1.82, 2.24) is 0 Å². The lowest BCUT2D eigenvalue weighted by atomic mass is 10.2. The second-order valence-electron chi connectivity index (χ2n) is 4.46. The molecule has 1 N–H and O–H groups in total. The van der Waals surface area contributed by atoms with Crippen LogP contribution in [0.3, 0.4) is 0 Å². The molecule has 2 rings (SSSR count). The second kappa shape index (κ2) is 4.62. The van der Waals surface area contributed by atoms with Crippen molar-refractivity contribution in [2.45, 2.75) is 38.8 Å². The van der Waals surface area contributed by atoms with Gasteiger partial charge in [-0.1, -0.05) is 0 Å². The van der Waals surface area contributed by atoms with Gasteiger partial charge in [0.1, 0.15) is 0 Å². The molecule has 0 saturated carbocycles. The minimum atomic E-state index is -0.648. The van der Waals surface area contributed by atoms with E-state index in [1.165, 1.54) is 17.4 Å². The molecule has 1 saturated heterocycles. The van der Waals surface area contributed by atoms with Gasteiger partial charge in [0.2, 0.25) is 0 Å². The van der Waals surface area contributed by atoms with Crippen molar-refractivity contribution >= 4 is 22.0 Å². The van der Waals surface area contributed by atoms with E-state index in [1.54, 1.807) is 6.92 Å². The van der Waals surface area contributed by atoms with Crippen LogP contribution in [0.1, 0.15) is 37.7 Å². The molecule has 2 atom stereocenters. The molecule has 1 fully saturated rings. The highest BCUT2D eigenvalue weighted by atomic mass is 32.1. The van der Waals surface area contributed by atoms with E-state index in [4.69, 9.17) is 0 Å². The normalized spacial score (nSPS) is 21.8. The molecule has 1 aromatic heterocycles. The van der Waals surface area contributed by atoms with E-state index in [-0.39, 0.29) is 10.6 Å². The van der Waals surface area contributed by atoms with Crippen LogP contribution < -0.4 is 4.90 Å². The number of nitrogens with zero attached hydrogens (tertiary/aromatic N) is 2. The van der Waals surface area contributed by atoms with Crippen molar-refractivity contribution in [1.29, 1.82) is 0 Å². The first kappa shape index (κ1) is 12.3. The lowest BCUT2D eigenvalue weighted by Crippen LogP contribution is -2.25. The summed E-state index contributed by atoms with van der Waals surface area (Å²) in [5.74, 6) is 0. The molecule has 17 heavy (non-hydrogen) atoms. The molecule has 0 aliphatic carbocycles. The Kier molecular flexibility index (Phi) is 3.35. The zero-order valence-electron chi connectivity index (χ0n) is 9.92. The Morgan fingerprint density at radius 2 is 2.41 bits per heavy atom. The molecule has 0 amide bonds. The van der Waals surface area contributed by atoms with Crippen LogP contribution in [0.5, 0.6) is 0 Å². The van der Waals surface area contributed by atoms with Crippen molar-refractivity contribution in [3.63, 3.8) is 0 Å². The molecule has 0 radical (unpaired) electrons. The monoisotopic (exact) mass is 256 g/mol. The molecule has 0 aromatic carbocycles. The molecule has 0 spiro atoms. The molecular formula is C11H16N2O3S. The number of aliphatic hydroxyl groups excluding tert-OH is 1. The van der Waals surface area contributed by atoms with E-state index < -0.39 is 6.10 Å². The van der Waals surface area contributed by atoms with Crippen LogP contribution in [0.25, 0.3) is 0 Å². The molecule has 94 valence electrons. The van der Waals surface area contributed by atoms with Gasteiger partial charge in [-0.15, -0.1) is 11.3 Å². The SMILES string of the molecule is CC1CCCN1c1sc([C@@H](C)O)cc1[N+](=O)[O-]. The van der Waals surface area contributed by atoms with E-state index in [2.05, 4.69) is 11.8 Å². The lowest BCUT2D eigenvalue weighted by Gasteiger charge is -2.20. The minimum Gasteiger partial charge on any atom is -0.388 e. The summed E-state index contributed by atoms with van der Waals surface area (Å²) in [6.45, 7) is 4.58. The van der Waals surface area contributed by atoms with Gasteiger partial charge in [-0.3, -0.25) is 10.1 Å². The molecule has 0 bridgehead atoms. The Bertz CT molecular complexity index is 430. The summed E-state index contributed by atoms with van der Waals surface area (Å²) in [7, 11) is 0. The van der Waals surface area contributed by atoms with Crippen molar-refractivity contribution < 1.29 is 10.0 Å². The largest absolute Gasteiger partial charge is 0.388 e. The fourth-order valence-corrected chi connectivity index (χ4v) is 3.36. The van der Waals surface area contributed by atoms with Gasteiger partial charge in [-0.25, -0.2) is 0 Å². The molecule has 1 unspecified atom stereocenters. The highest BCUT2D eigenvalue weighted by molar-refractivity contribution is 7.16. The third-order valence-corrected chi connectivity index (χ3v) is 4.47. The Hall–Kier alpha value is -1.14. The maximum atomic E-state index is 11.0. The van der Waals surface area contributed by atoms with Crippen LogP contribution >= 0.6 is 11.3 Å². The number of hydrogen-bond donors (Lipinski definition) is 1. The molecule has 1 aromatic rings. The summed E-state index contributed by atoms with van der Waals surface area (Å²) in [6.07, 6.45) is 1.49. The number of rotatable bonds is 3. The fraction of sp³-hybridized carbons (Fsp3) is 0.636. The average molecular weight is 256 g/mol. The minimum absolute atomic E-state index is 0.125. The maximum Gasteiger partial charge on any atom is 0.304 e. The Morgan fingerprint density at radius 1 is 1.71 bits per heavy atom. The average Bonchev–Trinajstić information content (AvgIpc) is 2.82. The van der Waals surface area contributed by atoms with Gasteiger partial charge in [-0.05, 0) is 26.7 Å². The molecular weight excluding hydrogens is 240 g/mol. The summed E-state index contributed by atoms with van der Waals surface area (Å²) in [5.41, 5.74) is 0.125. The van der Waals surface area contributed by atoms with Crippen molar-refractivity contribution in [3.05, 3.63) is 21.1 Å². The van der Waals surface area contributed by atoms with Crippen LogP contribution in [0.15, 0.2) is 6.07 Å². The van der Waals surface area contributed by atoms with Crippen LogP contribution in [0.4, 0.5) is 10.7 Å². The predicted molar refractivity (Wildman–Crippen MR) is 67.6 cm³/mol. The molecule has 1 aliphatic rings. The summed E-state index contributed by atoms with van der Waals surface area (Å²) >= 11 is 1.33. The van der Waals surface area contributed by atoms with Crippen LogP contribution in [0.2, 0.25) is 0 Å². The number of aliphatic hydroxyl groups is 1. The van der Waals surface area contributed by atoms with E-state index >= 15 is 0 Å². The predicted octanol–water partition coefficient (Wildman–Crippen LogP) is 2.70. The third kappa shape index (κ3) is 2.28. The zero-order valence-corrected chi connectivity index (χ0v) is 10.7. The number of anilines is 1. The zero-order chi connectivity index (χ0) is 12.6. The van der Waals surface area contributed by atoms with E-state index in [1.807, 2.05) is 0 Å². The van der Waals surface area contributed by atoms with Gasteiger partial charge in [-0.2, -0.15) is 0 Å². The fourth-order valence-electron chi connectivity index (χ4n) is 2.17. The third-order valence-electron chi connectivity index (χ3n) is 3.13. The second-order valence-corrected chi connectivity index (χ2v) is 5.52. The lowest BCUT2D eigenvalue weighted by molar-refractivity contribution is -0.383. The standard InChI is InChI=1S/C11H16N2O3S/c1-7-4-3-5-12(7)11-9(13(15)16)6-10(17-11)8(2)14/h6-8,14H,3-5H2,1-2H3/t7?,8-/m1/s1. The van der Waals surface area contributed by atoms with Gasteiger partial charge in [0.05, 0.1) is 11.0 Å². The number of thiophene rings is 1. The van der Waals surface area contributed by atoms with Crippen LogP contribution in [-0.2, 0) is 0 Å². The molecule has 1 aliphatic heterocycles. The Labute approximate surface area is 104 Å². The van der Waals surface area contributed by atoms with E-state index in [0.717, 1.165) is 19.4 Å². The molecule has 6 heteroatoms. The first-order chi connectivity index (χ1) is 8.00. The topological polar surface area (TPSA) is 66.6 Å². The molecule has 5 nitrogen and oxygen atoms in total. The van der Waals surface area contributed by atoms with Crippen molar-refractivity contribution in [3.8, 4) is 0 Å². The van der Waals surface area contributed by atoms with Crippen molar-refractivity contribution in [2.75, 3.05) is 11.4 Å². The number of nitro groups is 1. The summed E-state index contributed by atoms with van der Waals surface area (Å²) < 4.78 is 0. The van der Waals surface area contributed by atoms with E-state index in [9.17, 15) is 15.2 Å².